The number of alkyl halides is 6. The van der Waals surface area contributed by atoms with Crippen molar-refractivity contribution < 1.29 is 68.9 Å². The van der Waals surface area contributed by atoms with Gasteiger partial charge in [-0.15, -0.1) is 0 Å². The zero-order chi connectivity index (χ0) is 37.6. The quantitative estimate of drug-likeness (QED) is 0.128. The summed E-state index contributed by atoms with van der Waals surface area (Å²) in [5, 5.41) is 8.43. The van der Waals surface area contributed by atoms with Crippen LogP contribution in [0.2, 0.25) is 0 Å². The Kier molecular flexibility index (Phi) is 18.5. The number of halogens is 10. The number of nitrogens with zero attached hydrogens (tertiary/aromatic N) is 1. The lowest BCUT2D eigenvalue weighted by molar-refractivity contribution is -0.231. The number of hydrogen-bond acceptors (Lipinski definition) is 7. The molecule has 0 radical (unpaired) electrons. The van der Waals surface area contributed by atoms with Crippen LogP contribution in [0.5, 0.6) is 0 Å². The molecule has 3 rings (SSSR count). The molecule has 18 heteroatoms. The maximum Gasteiger partial charge on any atom is 0.419 e. The molecule has 1 fully saturated rings. The molecule has 0 unspecified atom stereocenters. The number of ether oxygens (including phenoxy) is 2. The summed E-state index contributed by atoms with van der Waals surface area (Å²) in [5.74, 6) is -6.31. The maximum atomic E-state index is 13.5. The van der Waals surface area contributed by atoms with Gasteiger partial charge in [-0.05, 0) is 66.3 Å². The molecule has 2 aromatic carbocycles. The van der Waals surface area contributed by atoms with Gasteiger partial charge in [0.15, 0.2) is 6.29 Å². The highest BCUT2D eigenvalue weighted by atomic mass is 79.9. The highest BCUT2D eigenvalue weighted by molar-refractivity contribution is 9.10. The topological polar surface area (TPSA) is 110 Å². The van der Waals surface area contributed by atoms with Crippen molar-refractivity contribution >= 4 is 56.1 Å². The second-order valence-corrected chi connectivity index (χ2v) is 11.6. The highest BCUT2D eigenvalue weighted by Crippen LogP contribution is 2.36. The predicted molar refractivity (Wildman–Crippen MR) is 164 cm³/mol. The molecule has 8 nitrogen and oxygen atoms in total. The Morgan fingerprint density at radius 3 is 1.60 bits per heavy atom. The Balaban J connectivity index is 0.000000644. The van der Waals surface area contributed by atoms with E-state index in [0.717, 1.165) is 12.1 Å². The van der Waals surface area contributed by atoms with Gasteiger partial charge < -0.3 is 19.5 Å². The van der Waals surface area contributed by atoms with Crippen LogP contribution in [0.4, 0.5) is 35.1 Å². The second kappa shape index (κ2) is 19.8. The summed E-state index contributed by atoms with van der Waals surface area (Å²) in [6.45, 7) is 13.2. The molecule has 0 spiro atoms. The number of carbonyl (C=O) groups excluding carboxylic acids is 3. The molecule has 1 heterocycles. The average molecular weight is 831 g/mol. The lowest BCUT2D eigenvalue weighted by atomic mass is 10.0. The van der Waals surface area contributed by atoms with Gasteiger partial charge in [0.2, 0.25) is 0 Å². The largest absolute Gasteiger partial charge is 0.481 e. The van der Waals surface area contributed by atoms with Crippen molar-refractivity contribution in [1.29, 1.82) is 0 Å². The number of carboxylic acids is 1. The zero-order valence-corrected chi connectivity index (χ0v) is 29.4. The summed E-state index contributed by atoms with van der Waals surface area (Å²) in [7, 11) is 0. The number of aliphatic carboxylic acids is 1. The number of aldehydes is 1. The van der Waals surface area contributed by atoms with Crippen molar-refractivity contribution in [2.45, 2.75) is 72.0 Å². The van der Waals surface area contributed by atoms with Gasteiger partial charge >= 0.3 is 30.3 Å². The van der Waals surface area contributed by atoms with Crippen molar-refractivity contribution in [3.8, 4) is 0 Å². The maximum absolute atomic E-state index is 13.5. The minimum absolute atomic E-state index is 0.00185. The van der Waals surface area contributed by atoms with Gasteiger partial charge in [-0.1, -0.05) is 36.7 Å². The number of benzene rings is 2. The molecule has 1 saturated heterocycles. The minimum Gasteiger partial charge on any atom is -0.481 e. The van der Waals surface area contributed by atoms with E-state index in [2.05, 4.69) is 67.0 Å². The third kappa shape index (κ3) is 15.4. The first kappa shape index (κ1) is 44.9. The molecule has 1 aliphatic heterocycles. The lowest BCUT2D eigenvalue weighted by Crippen LogP contribution is -2.39. The van der Waals surface area contributed by atoms with Crippen LogP contribution in [0.25, 0.3) is 0 Å². The molecule has 0 aliphatic carbocycles. The summed E-state index contributed by atoms with van der Waals surface area (Å²) >= 11 is 5.67. The molecule has 270 valence electrons. The van der Waals surface area contributed by atoms with Crippen LogP contribution in [0.15, 0.2) is 33.2 Å². The van der Waals surface area contributed by atoms with E-state index < -0.39 is 70.8 Å². The smallest absolute Gasteiger partial charge is 0.419 e. The van der Waals surface area contributed by atoms with Gasteiger partial charge in [-0.2, -0.15) is 26.3 Å². The molecule has 0 aromatic heterocycles. The van der Waals surface area contributed by atoms with Crippen molar-refractivity contribution in [2.24, 2.45) is 0 Å². The lowest BCUT2D eigenvalue weighted by Gasteiger charge is -2.28. The minimum atomic E-state index is -4.79. The normalized spacial score (nSPS) is 13.8. The monoisotopic (exact) mass is 829 g/mol. The summed E-state index contributed by atoms with van der Waals surface area (Å²) < 4.78 is 110. The molecule has 48 heavy (non-hydrogen) atoms. The average Bonchev–Trinajstić information content (AvgIpc) is 2.92. The molecule has 2 aromatic rings. The van der Waals surface area contributed by atoms with Crippen molar-refractivity contribution in [1.82, 2.24) is 4.90 Å². The SMILES string of the molecule is CC1(C)OC(=O)CC(=O)O1.CCN(CC)CC.O=C(O)CCc1c(Br)ccc(C(F)(F)F)c1F.O=Cc1c(Br)ccc(C(F)(F)F)c1F. The van der Waals surface area contributed by atoms with Crippen LogP contribution in [-0.2, 0) is 42.6 Å². The standard InChI is InChI=1S/C10H7BrF4O2.C8H3BrF4O.C6H15N.C6H8O4/c11-7-3-2-6(10(13,14)15)9(12)5(7)1-4-8(16)17;9-6-2-1-5(8(11,12)13)7(10)4(6)3-14;1-4-7(5-2)6-3;1-6(2)9-4(7)3-5(8)10-6/h2-3H,1,4H2,(H,16,17);1-3H;4-6H2,1-3H3;3H2,1-2H3. The van der Waals surface area contributed by atoms with Gasteiger partial charge in [-0.25, -0.2) is 8.78 Å². The zero-order valence-electron chi connectivity index (χ0n) is 26.3. The van der Waals surface area contributed by atoms with Gasteiger partial charge in [0.25, 0.3) is 5.79 Å². The van der Waals surface area contributed by atoms with Crippen LogP contribution in [0, 0.1) is 11.6 Å². The van der Waals surface area contributed by atoms with Gasteiger partial charge in [-0.3, -0.25) is 19.2 Å². The van der Waals surface area contributed by atoms with E-state index in [4.69, 9.17) is 5.11 Å². The molecular formula is C30H33Br2F8NO7. The molecule has 0 bridgehead atoms. The van der Waals surface area contributed by atoms with Crippen LogP contribution in [0.1, 0.15) is 74.5 Å². The van der Waals surface area contributed by atoms with Crippen molar-refractivity contribution in [3.63, 3.8) is 0 Å². The molecule has 0 amide bonds. The van der Waals surface area contributed by atoms with Gasteiger partial charge in [0.1, 0.15) is 18.1 Å². The Morgan fingerprint density at radius 2 is 1.27 bits per heavy atom. The summed E-state index contributed by atoms with van der Waals surface area (Å²) in [5.41, 5.74) is -3.73. The van der Waals surface area contributed by atoms with E-state index in [1.165, 1.54) is 33.5 Å². The fourth-order valence-electron chi connectivity index (χ4n) is 3.60. The number of cyclic esters (lactones) is 2. The number of carbonyl (C=O) groups is 4. The van der Waals surface area contributed by atoms with Gasteiger partial charge in [0.05, 0.1) is 16.7 Å². The third-order valence-electron chi connectivity index (χ3n) is 5.98. The Labute approximate surface area is 288 Å². The van der Waals surface area contributed by atoms with E-state index in [-0.39, 0.29) is 33.6 Å². The van der Waals surface area contributed by atoms with E-state index >= 15 is 0 Å². The van der Waals surface area contributed by atoms with Crippen molar-refractivity contribution in [3.05, 3.63) is 67.1 Å². The van der Waals surface area contributed by atoms with Crippen LogP contribution < -0.4 is 0 Å². The van der Waals surface area contributed by atoms with Gasteiger partial charge in [0, 0.05) is 34.8 Å². The third-order valence-corrected chi connectivity index (χ3v) is 7.41. The molecule has 0 saturated carbocycles. The number of rotatable bonds is 7. The van der Waals surface area contributed by atoms with E-state index in [0.29, 0.717) is 12.1 Å². The summed E-state index contributed by atoms with van der Waals surface area (Å²) in [6, 6.07) is 3.23. The van der Waals surface area contributed by atoms with Crippen LogP contribution in [-0.4, -0.2) is 59.6 Å². The first-order chi connectivity index (χ1) is 21.9. The Hall–Kier alpha value is -3.12. The van der Waals surface area contributed by atoms with Crippen LogP contribution >= 0.6 is 31.9 Å². The number of hydrogen-bond donors (Lipinski definition) is 1. The highest BCUT2D eigenvalue weighted by Gasteiger charge is 2.36. The summed E-state index contributed by atoms with van der Waals surface area (Å²) in [6.07, 6.45) is -10.5. The fourth-order valence-corrected chi connectivity index (χ4v) is 4.51. The molecule has 0 atom stereocenters. The van der Waals surface area contributed by atoms with E-state index in [1.54, 1.807) is 0 Å². The first-order valence-corrected chi connectivity index (χ1v) is 15.5. The van der Waals surface area contributed by atoms with Crippen molar-refractivity contribution in [2.75, 3.05) is 19.6 Å². The summed E-state index contributed by atoms with van der Waals surface area (Å²) in [4.78, 5) is 44.1. The van der Waals surface area contributed by atoms with Crippen LogP contribution in [0.3, 0.4) is 0 Å². The Morgan fingerprint density at radius 1 is 0.854 bits per heavy atom. The number of esters is 2. The predicted octanol–water partition coefficient (Wildman–Crippen LogP) is 8.60. The van der Waals surface area contributed by atoms with E-state index in [9.17, 15) is 54.3 Å². The fraction of sp³-hybridized carbons (Fsp3) is 0.467. The van der Waals surface area contributed by atoms with E-state index in [1.807, 2.05) is 0 Å². The molecule has 1 N–H and O–H groups in total. The molecule has 1 aliphatic rings. The first-order valence-electron chi connectivity index (χ1n) is 13.9. The molecular weight excluding hydrogens is 798 g/mol. The second-order valence-electron chi connectivity index (χ2n) is 9.86. The Bertz CT molecular complexity index is 1390. The number of carboxylic acid groups (broad SMARTS) is 1.